The van der Waals surface area contributed by atoms with E-state index in [1.165, 1.54) is 4.90 Å². The normalized spacial score (nSPS) is 16.5. The average Bonchev–Trinajstić information content (AvgIpc) is 2.46. The van der Waals surface area contributed by atoms with Crippen molar-refractivity contribution in [3.63, 3.8) is 0 Å². The Balaban J connectivity index is 2.23. The van der Waals surface area contributed by atoms with E-state index in [0.717, 1.165) is 0 Å². The molecule has 1 aliphatic rings. The second-order valence-electron chi connectivity index (χ2n) is 5.14. The van der Waals surface area contributed by atoms with Gasteiger partial charge in [-0.25, -0.2) is 22.5 Å². The first-order valence-electron chi connectivity index (χ1n) is 6.68. The summed E-state index contributed by atoms with van der Waals surface area (Å²) in [6.45, 7) is 0.159. The molecule has 4 N–H and O–H groups in total. The maximum Gasteiger partial charge on any atom is 0.222 e. The molecule has 0 radical (unpaired) electrons. The van der Waals surface area contributed by atoms with Gasteiger partial charge < -0.3 is 16.4 Å². The minimum Gasteiger partial charge on any atom is -0.383 e. The summed E-state index contributed by atoms with van der Waals surface area (Å²) in [5.74, 6) is -4.59. The molecule has 0 atom stereocenters. The van der Waals surface area contributed by atoms with E-state index in [0.29, 0.717) is 0 Å². The van der Waals surface area contributed by atoms with Gasteiger partial charge in [-0.3, -0.25) is 0 Å². The molecular formula is C13H13F4N5. The third-order valence-electron chi connectivity index (χ3n) is 3.73. The molecule has 0 bridgehead atoms. The highest BCUT2D eigenvalue weighted by atomic mass is 19.2. The number of hydrogen-bond acceptors (Lipinski definition) is 5. The highest BCUT2D eigenvalue weighted by Crippen LogP contribution is 2.36. The van der Waals surface area contributed by atoms with E-state index in [1.54, 1.807) is 0 Å². The van der Waals surface area contributed by atoms with Gasteiger partial charge >= 0.3 is 0 Å². The van der Waals surface area contributed by atoms with Gasteiger partial charge in [0.15, 0.2) is 17.5 Å². The Morgan fingerprint density at radius 2 is 1.59 bits per heavy atom. The summed E-state index contributed by atoms with van der Waals surface area (Å²) in [6, 6.07) is 0. The van der Waals surface area contributed by atoms with Gasteiger partial charge in [0.05, 0.1) is 5.39 Å². The molecule has 0 unspecified atom stereocenters. The summed E-state index contributed by atoms with van der Waals surface area (Å²) in [5.41, 5.74) is 9.80. The molecule has 2 aromatic rings. The number of benzene rings is 1. The van der Waals surface area contributed by atoms with Crippen LogP contribution in [0.2, 0.25) is 0 Å². The summed E-state index contributed by atoms with van der Waals surface area (Å²) in [4.78, 5) is 8.38. The van der Waals surface area contributed by atoms with Gasteiger partial charge in [0.1, 0.15) is 23.2 Å². The van der Waals surface area contributed by atoms with Crippen molar-refractivity contribution in [2.24, 2.45) is 0 Å². The van der Waals surface area contributed by atoms with Gasteiger partial charge in [-0.1, -0.05) is 0 Å². The number of fused-ring (bicyclic) bond motifs is 1. The fourth-order valence-electron chi connectivity index (χ4n) is 2.64. The van der Waals surface area contributed by atoms with E-state index >= 15 is 0 Å². The molecule has 9 heteroatoms. The number of hydrogen-bond donors (Lipinski definition) is 2. The molecule has 1 fully saturated rings. The van der Waals surface area contributed by atoms with Crippen molar-refractivity contribution in [3.8, 4) is 0 Å². The highest BCUT2D eigenvalue weighted by molar-refractivity contribution is 5.92. The number of nitrogen functional groups attached to an aromatic ring is 2. The van der Waals surface area contributed by atoms with Crippen molar-refractivity contribution in [2.45, 2.75) is 19.0 Å². The van der Waals surface area contributed by atoms with Crippen molar-refractivity contribution in [1.82, 2.24) is 9.97 Å². The van der Waals surface area contributed by atoms with Crippen molar-refractivity contribution in [2.75, 3.05) is 29.5 Å². The molecule has 0 saturated carbocycles. The number of nitrogens with zero attached hydrogens (tertiary/aromatic N) is 3. The van der Waals surface area contributed by atoms with Crippen LogP contribution in [0.25, 0.3) is 10.9 Å². The quantitative estimate of drug-likeness (QED) is 0.622. The number of anilines is 3. The van der Waals surface area contributed by atoms with Crippen LogP contribution in [0.3, 0.4) is 0 Å². The number of rotatable bonds is 1. The van der Waals surface area contributed by atoms with Gasteiger partial charge in [-0.05, 0) is 12.8 Å². The average molecular weight is 315 g/mol. The summed E-state index contributed by atoms with van der Waals surface area (Å²) < 4.78 is 56.3. The zero-order chi connectivity index (χ0) is 16.0. The first-order chi connectivity index (χ1) is 10.4. The first kappa shape index (κ1) is 14.6. The zero-order valence-corrected chi connectivity index (χ0v) is 11.4. The lowest BCUT2D eigenvalue weighted by molar-refractivity contribution is 0.275. The van der Waals surface area contributed by atoms with Crippen LogP contribution in [-0.2, 0) is 0 Å². The lowest BCUT2D eigenvalue weighted by Gasteiger charge is -2.31. The number of halogens is 4. The first-order valence-corrected chi connectivity index (χ1v) is 6.68. The molecule has 3 rings (SSSR count). The van der Waals surface area contributed by atoms with Gasteiger partial charge in [-0.15, -0.1) is 0 Å². The van der Waals surface area contributed by atoms with Crippen LogP contribution in [0.5, 0.6) is 0 Å². The number of piperidine rings is 1. The second kappa shape index (κ2) is 5.15. The summed E-state index contributed by atoms with van der Waals surface area (Å²) in [6.07, 6.45) is -0.791. The number of alkyl halides is 1. The Hall–Kier alpha value is -2.32. The Kier molecular flexibility index (Phi) is 3.42. The van der Waals surface area contributed by atoms with Crippen molar-refractivity contribution >= 4 is 28.4 Å². The minimum atomic E-state index is -1.39. The highest BCUT2D eigenvalue weighted by Gasteiger charge is 2.29. The van der Waals surface area contributed by atoms with Gasteiger partial charge in [0, 0.05) is 13.1 Å². The Morgan fingerprint density at radius 3 is 2.23 bits per heavy atom. The monoisotopic (exact) mass is 315 g/mol. The SMILES string of the molecule is Nc1nc(N)c2c(F)c(F)c(N3CCC(F)CC3)c(F)c2n1. The fourth-order valence-corrected chi connectivity index (χ4v) is 2.64. The lowest BCUT2D eigenvalue weighted by Crippen LogP contribution is -2.35. The topological polar surface area (TPSA) is 81.1 Å². The molecule has 5 nitrogen and oxygen atoms in total. The maximum absolute atomic E-state index is 14.6. The van der Waals surface area contributed by atoms with Crippen LogP contribution in [0.15, 0.2) is 0 Å². The van der Waals surface area contributed by atoms with E-state index in [-0.39, 0.29) is 31.9 Å². The molecule has 22 heavy (non-hydrogen) atoms. The predicted octanol–water partition coefficient (Wildman–Crippen LogP) is 2.15. The zero-order valence-electron chi connectivity index (χ0n) is 11.4. The third kappa shape index (κ3) is 2.16. The smallest absolute Gasteiger partial charge is 0.222 e. The van der Waals surface area contributed by atoms with Crippen LogP contribution in [0.1, 0.15) is 12.8 Å². The predicted molar refractivity (Wildman–Crippen MR) is 74.6 cm³/mol. The molecule has 1 aromatic carbocycles. The van der Waals surface area contributed by atoms with Crippen LogP contribution in [0.4, 0.5) is 35.0 Å². The Labute approximate surface area is 122 Å². The molecule has 1 aliphatic heterocycles. The second-order valence-corrected chi connectivity index (χ2v) is 5.14. The summed E-state index contributed by atoms with van der Waals surface area (Å²) >= 11 is 0. The van der Waals surface area contributed by atoms with Gasteiger partial charge in [-0.2, -0.15) is 4.98 Å². The largest absolute Gasteiger partial charge is 0.383 e. The Bertz CT molecular complexity index is 743. The van der Waals surface area contributed by atoms with Crippen molar-refractivity contribution < 1.29 is 17.6 Å². The van der Waals surface area contributed by atoms with Crippen LogP contribution >= 0.6 is 0 Å². The maximum atomic E-state index is 14.6. The van der Waals surface area contributed by atoms with E-state index in [1.807, 2.05) is 0 Å². The third-order valence-corrected chi connectivity index (χ3v) is 3.73. The molecule has 0 aliphatic carbocycles. The standard InChI is InChI=1S/C13H13F4N5/c14-5-1-3-22(4-2-5)11-8(16)7(15)6-10(9(11)17)20-13(19)21-12(6)18/h5H,1-4H2,(H4,18,19,20,21). The minimum absolute atomic E-state index is 0.0794. The molecule has 118 valence electrons. The summed E-state index contributed by atoms with van der Waals surface area (Å²) in [5, 5.41) is -0.548. The van der Waals surface area contributed by atoms with Crippen LogP contribution in [0, 0.1) is 17.5 Å². The Morgan fingerprint density at radius 1 is 0.955 bits per heavy atom. The van der Waals surface area contributed by atoms with Gasteiger partial charge in [0.25, 0.3) is 0 Å². The van der Waals surface area contributed by atoms with E-state index < -0.39 is 46.0 Å². The van der Waals surface area contributed by atoms with E-state index in [9.17, 15) is 17.6 Å². The van der Waals surface area contributed by atoms with Crippen molar-refractivity contribution in [3.05, 3.63) is 17.5 Å². The lowest BCUT2D eigenvalue weighted by atomic mass is 10.1. The van der Waals surface area contributed by atoms with E-state index in [2.05, 4.69) is 9.97 Å². The van der Waals surface area contributed by atoms with Gasteiger partial charge in [0.2, 0.25) is 5.95 Å². The summed E-state index contributed by atoms with van der Waals surface area (Å²) in [7, 11) is 0. The molecule has 2 heterocycles. The van der Waals surface area contributed by atoms with Crippen LogP contribution in [-0.4, -0.2) is 29.2 Å². The molecule has 1 aromatic heterocycles. The van der Waals surface area contributed by atoms with Crippen molar-refractivity contribution in [1.29, 1.82) is 0 Å². The molecule has 1 saturated heterocycles. The van der Waals surface area contributed by atoms with Crippen LogP contribution < -0.4 is 16.4 Å². The molecule has 0 spiro atoms. The number of nitrogens with two attached hydrogens (primary N) is 2. The number of aromatic nitrogens is 2. The fraction of sp³-hybridized carbons (Fsp3) is 0.385. The molecular weight excluding hydrogens is 302 g/mol. The molecule has 0 amide bonds. The van der Waals surface area contributed by atoms with E-state index in [4.69, 9.17) is 11.5 Å².